The zero-order chi connectivity index (χ0) is 13.8. The number of nitrogens with one attached hydrogen (secondary N) is 1. The minimum atomic E-state index is -0.443. The predicted molar refractivity (Wildman–Crippen MR) is 71.1 cm³/mol. The molecule has 1 fully saturated rings. The summed E-state index contributed by atoms with van der Waals surface area (Å²) in [5, 5.41) is 21.6. The van der Waals surface area contributed by atoms with Gasteiger partial charge in [-0.1, -0.05) is 0 Å². The maximum atomic E-state index is 11.6. The van der Waals surface area contributed by atoms with E-state index >= 15 is 0 Å². The van der Waals surface area contributed by atoms with E-state index in [4.69, 9.17) is 0 Å². The molecule has 0 radical (unpaired) electrons. The summed E-state index contributed by atoms with van der Waals surface area (Å²) in [4.78, 5) is 17.7. The molecule has 3 N–H and O–H groups in total. The first-order valence-electron chi connectivity index (χ1n) is 6.45. The molecule has 1 aliphatic rings. The molecule has 1 aromatic rings. The number of hydrogen-bond acceptors (Lipinski definition) is 5. The Bertz CT molecular complexity index is 435. The van der Waals surface area contributed by atoms with E-state index in [1.807, 2.05) is 11.8 Å². The molecule has 1 aliphatic heterocycles. The van der Waals surface area contributed by atoms with Gasteiger partial charge in [-0.05, 0) is 25.5 Å². The second kappa shape index (κ2) is 5.99. The van der Waals surface area contributed by atoms with Gasteiger partial charge in [0, 0.05) is 19.3 Å². The van der Waals surface area contributed by atoms with Crippen molar-refractivity contribution in [3.63, 3.8) is 0 Å². The van der Waals surface area contributed by atoms with Crippen LogP contribution in [-0.2, 0) is 0 Å². The summed E-state index contributed by atoms with van der Waals surface area (Å²) in [6.45, 7) is 2.87. The molecule has 104 valence electrons. The number of β-amino-alcohol motifs (C(OH)–C–C–N with tert-alkyl or cyclic N) is 1. The number of carbonyl (C=O) groups is 1. The van der Waals surface area contributed by atoms with Crippen molar-refractivity contribution in [1.29, 1.82) is 0 Å². The lowest BCUT2D eigenvalue weighted by molar-refractivity contribution is 0.0955. The van der Waals surface area contributed by atoms with Crippen LogP contribution in [0.15, 0.2) is 18.3 Å². The van der Waals surface area contributed by atoms with E-state index < -0.39 is 6.10 Å². The summed E-state index contributed by atoms with van der Waals surface area (Å²) in [5.74, 6) is 0.519. The van der Waals surface area contributed by atoms with E-state index in [9.17, 15) is 15.0 Å². The molecule has 1 saturated heterocycles. The number of aromatic nitrogens is 1. The molecule has 0 spiro atoms. The molecule has 2 atom stereocenters. The van der Waals surface area contributed by atoms with E-state index in [-0.39, 0.29) is 18.6 Å². The van der Waals surface area contributed by atoms with Crippen molar-refractivity contribution in [3.8, 4) is 0 Å². The van der Waals surface area contributed by atoms with Crippen LogP contribution in [-0.4, -0.2) is 52.9 Å². The average Bonchev–Trinajstić information content (AvgIpc) is 2.80. The van der Waals surface area contributed by atoms with Gasteiger partial charge in [0.2, 0.25) is 0 Å². The maximum absolute atomic E-state index is 11.6. The number of amides is 1. The highest BCUT2D eigenvalue weighted by molar-refractivity contribution is 5.94. The van der Waals surface area contributed by atoms with Gasteiger partial charge in [0.25, 0.3) is 5.91 Å². The molecule has 6 heteroatoms. The molecule has 2 unspecified atom stereocenters. The molecule has 0 saturated carbocycles. The molecule has 2 rings (SSSR count). The molecule has 6 nitrogen and oxygen atoms in total. The van der Waals surface area contributed by atoms with Crippen LogP contribution >= 0.6 is 0 Å². The van der Waals surface area contributed by atoms with Crippen LogP contribution < -0.4 is 10.2 Å². The summed E-state index contributed by atoms with van der Waals surface area (Å²) in [5.41, 5.74) is 0.505. The maximum Gasteiger partial charge on any atom is 0.252 e. The molecule has 2 heterocycles. The average molecular weight is 265 g/mol. The van der Waals surface area contributed by atoms with Crippen LogP contribution in [0, 0.1) is 0 Å². The Morgan fingerprint density at radius 3 is 2.95 bits per heavy atom. The summed E-state index contributed by atoms with van der Waals surface area (Å²) < 4.78 is 0. The molecule has 0 aromatic carbocycles. The fraction of sp³-hybridized carbons (Fsp3) is 0.538. The summed E-state index contributed by atoms with van der Waals surface area (Å²) in [6.07, 6.45) is 1.61. The van der Waals surface area contributed by atoms with Crippen LogP contribution in [0.25, 0.3) is 0 Å². The van der Waals surface area contributed by atoms with Crippen molar-refractivity contribution in [3.05, 3.63) is 23.9 Å². The normalized spacial score (nSPS) is 22.6. The van der Waals surface area contributed by atoms with Gasteiger partial charge in [-0.25, -0.2) is 4.98 Å². The third-order valence-corrected chi connectivity index (χ3v) is 3.24. The molecular weight excluding hydrogens is 246 g/mol. The zero-order valence-corrected chi connectivity index (χ0v) is 10.9. The van der Waals surface area contributed by atoms with Crippen molar-refractivity contribution in [2.45, 2.75) is 25.5 Å². The Hall–Kier alpha value is -1.66. The van der Waals surface area contributed by atoms with Gasteiger partial charge in [0.05, 0.1) is 24.3 Å². The zero-order valence-electron chi connectivity index (χ0n) is 10.9. The minimum Gasteiger partial charge on any atom is -0.394 e. The van der Waals surface area contributed by atoms with Crippen LogP contribution in [0.4, 0.5) is 5.82 Å². The van der Waals surface area contributed by atoms with E-state index in [0.717, 1.165) is 0 Å². The van der Waals surface area contributed by atoms with Gasteiger partial charge >= 0.3 is 0 Å². The van der Waals surface area contributed by atoms with Gasteiger partial charge < -0.3 is 20.4 Å². The standard InChI is InChI=1S/C13H19N3O3/c1-2-14-13(19)9-3-4-12(15-6-9)16-7-11(18)5-10(16)8-17/h3-4,6,10-11,17-18H,2,5,7-8H2,1H3,(H,14,19). The molecule has 19 heavy (non-hydrogen) atoms. The quantitative estimate of drug-likeness (QED) is 0.700. The second-order valence-electron chi connectivity index (χ2n) is 4.64. The lowest BCUT2D eigenvalue weighted by Gasteiger charge is -2.23. The number of rotatable bonds is 4. The summed E-state index contributed by atoms with van der Waals surface area (Å²) in [7, 11) is 0. The number of aliphatic hydroxyl groups is 2. The Morgan fingerprint density at radius 1 is 1.58 bits per heavy atom. The fourth-order valence-electron chi connectivity index (χ4n) is 2.30. The summed E-state index contributed by atoms with van der Waals surface area (Å²) in [6, 6.07) is 3.33. The van der Waals surface area contributed by atoms with E-state index in [2.05, 4.69) is 10.3 Å². The predicted octanol–water partition coefficient (Wildman–Crippen LogP) is -0.237. The van der Waals surface area contributed by atoms with Gasteiger partial charge in [-0.2, -0.15) is 0 Å². The minimum absolute atomic E-state index is 0.0171. The number of carbonyl (C=O) groups excluding carboxylic acids is 1. The highest BCUT2D eigenvalue weighted by atomic mass is 16.3. The number of pyridine rings is 1. The van der Waals surface area contributed by atoms with E-state index in [1.54, 1.807) is 12.1 Å². The first-order valence-corrected chi connectivity index (χ1v) is 6.45. The first kappa shape index (κ1) is 13.8. The Kier molecular flexibility index (Phi) is 4.34. The molecular formula is C13H19N3O3. The SMILES string of the molecule is CCNC(=O)c1ccc(N2CC(O)CC2CO)nc1. The van der Waals surface area contributed by atoms with E-state index in [1.165, 1.54) is 6.20 Å². The number of nitrogens with zero attached hydrogens (tertiary/aromatic N) is 2. The third-order valence-electron chi connectivity index (χ3n) is 3.24. The largest absolute Gasteiger partial charge is 0.394 e. The van der Waals surface area contributed by atoms with Gasteiger partial charge in [-0.15, -0.1) is 0 Å². The van der Waals surface area contributed by atoms with Crippen molar-refractivity contribution in [2.75, 3.05) is 24.6 Å². The van der Waals surface area contributed by atoms with Crippen molar-refractivity contribution >= 4 is 11.7 Å². The molecule has 0 bridgehead atoms. The molecule has 1 amide bonds. The van der Waals surface area contributed by atoms with Crippen LogP contribution in [0.2, 0.25) is 0 Å². The first-order chi connectivity index (χ1) is 9.15. The summed E-state index contributed by atoms with van der Waals surface area (Å²) >= 11 is 0. The van der Waals surface area contributed by atoms with Gasteiger partial charge in [0.15, 0.2) is 0 Å². The van der Waals surface area contributed by atoms with E-state index in [0.29, 0.717) is 30.9 Å². The lowest BCUT2D eigenvalue weighted by atomic mass is 10.2. The van der Waals surface area contributed by atoms with Gasteiger partial charge in [-0.3, -0.25) is 4.79 Å². The topological polar surface area (TPSA) is 85.7 Å². The number of aliphatic hydroxyl groups excluding tert-OH is 2. The Labute approximate surface area is 112 Å². The highest BCUT2D eigenvalue weighted by Crippen LogP contribution is 2.23. The highest BCUT2D eigenvalue weighted by Gasteiger charge is 2.31. The van der Waals surface area contributed by atoms with Crippen molar-refractivity contribution in [1.82, 2.24) is 10.3 Å². The van der Waals surface area contributed by atoms with Gasteiger partial charge in [0.1, 0.15) is 5.82 Å². The van der Waals surface area contributed by atoms with Crippen LogP contribution in [0.1, 0.15) is 23.7 Å². The number of hydrogen-bond donors (Lipinski definition) is 3. The number of anilines is 1. The monoisotopic (exact) mass is 265 g/mol. The van der Waals surface area contributed by atoms with Crippen molar-refractivity contribution in [2.24, 2.45) is 0 Å². The van der Waals surface area contributed by atoms with Crippen LogP contribution in [0.5, 0.6) is 0 Å². The van der Waals surface area contributed by atoms with Crippen molar-refractivity contribution < 1.29 is 15.0 Å². The second-order valence-corrected chi connectivity index (χ2v) is 4.64. The molecule has 1 aromatic heterocycles. The lowest BCUT2D eigenvalue weighted by Crippen LogP contribution is -2.33. The van der Waals surface area contributed by atoms with Crippen LogP contribution in [0.3, 0.4) is 0 Å². The Morgan fingerprint density at radius 2 is 2.37 bits per heavy atom. The Balaban J connectivity index is 2.12. The fourth-order valence-corrected chi connectivity index (χ4v) is 2.30. The smallest absolute Gasteiger partial charge is 0.252 e. The molecule has 0 aliphatic carbocycles. The third kappa shape index (κ3) is 3.02.